The summed E-state index contributed by atoms with van der Waals surface area (Å²) in [5.74, 6) is 0.119. The molecule has 24 heavy (non-hydrogen) atoms. The molecule has 0 bridgehead atoms. The van der Waals surface area contributed by atoms with Crippen LogP contribution in [0.4, 0.5) is 8.78 Å². The Bertz CT molecular complexity index is 682. The van der Waals surface area contributed by atoms with E-state index in [-0.39, 0.29) is 45.2 Å². The van der Waals surface area contributed by atoms with Gasteiger partial charge >= 0.3 is 0 Å². The molecule has 0 saturated carbocycles. The number of nitriles is 1. The molecule has 1 aliphatic heterocycles. The summed E-state index contributed by atoms with van der Waals surface area (Å²) >= 11 is 5.28. The van der Waals surface area contributed by atoms with Crippen LogP contribution < -0.4 is 4.74 Å². The molecule has 0 fully saturated rings. The Labute approximate surface area is 185 Å². The first-order chi connectivity index (χ1) is 10.9. The largest absolute Gasteiger partial charge is 0.479 e. The fourth-order valence-electron chi connectivity index (χ4n) is 2.10. The number of rotatable bonds is 5. The van der Waals surface area contributed by atoms with E-state index in [0.29, 0.717) is 27.9 Å². The van der Waals surface area contributed by atoms with Gasteiger partial charge in [-0.3, -0.25) is 4.79 Å². The normalized spacial score (nSPS) is 17.2. The zero-order valence-electron chi connectivity index (χ0n) is 12.3. The van der Waals surface area contributed by atoms with Crippen LogP contribution in [0.1, 0.15) is 12.0 Å². The summed E-state index contributed by atoms with van der Waals surface area (Å²) in [7, 11) is 0. The standard InChI is InChI=1S/C15H11BrF2IN2O2.Y/c16-11-7-9(23-6-5-20)1-2-10(11)13-4-3-12(19)15(22)21(13)8-14(17)18;/h1-2,7,12,14H,3,6,8H2;/q-1;. The molecule has 0 spiro atoms. The summed E-state index contributed by atoms with van der Waals surface area (Å²) in [6.07, 6.45) is 0.771. The molecule has 0 aromatic heterocycles. The van der Waals surface area contributed by atoms with Crippen molar-refractivity contribution in [3.8, 4) is 11.8 Å². The summed E-state index contributed by atoms with van der Waals surface area (Å²) in [6.45, 7) is -0.757. The number of amides is 1. The molecule has 1 aromatic carbocycles. The van der Waals surface area contributed by atoms with Crippen molar-refractivity contribution in [1.82, 2.24) is 4.90 Å². The van der Waals surface area contributed by atoms with Crippen LogP contribution >= 0.6 is 38.5 Å². The second-order valence-corrected chi connectivity index (χ2v) is 6.98. The Kier molecular flexibility index (Phi) is 9.27. The van der Waals surface area contributed by atoms with Crippen molar-refractivity contribution in [1.29, 1.82) is 5.26 Å². The third-order valence-electron chi connectivity index (χ3n) is 3.07. The number of allylic oxidation sites excluding steroid dienone is 1. The van der Waals surface area contributed by atoms with Crippen LogP contribution in [0.5, 0.6) is 5.75 Å². The number of benzene rings is 1. The maximum atomic E-state index is 12.8. The topological polar surface area (TPSA) is 53.3 Å². The second-order valence-electron chi connectivity index (χ2n) is 4.63. The van der Waals surface area contributed by atoms with Crippen molar-refractivity contribution < 1.29 is 51.0 Å². The molecule has 0 saturated heterocycles. The Morgan fingerprint density at radius 2 is 2.25 bits per heavy atom. The summed E-state index contributed by atoms with van der Waals surface area (Å²) in [5.41, 5.74) is 0.911. The molecule has 9 heteroatoms. The predicted octanol–water partition coefficient (Wildman–Crippen LogP) is 3.79. The van der Waals surface area contributed by atoms with E-state index in [1.165, 1.54) is 0 Å². The molecule has 4 nitrogen and oxygen atoms in total. The molecule has 1 heterocycles. The molecule has 2 rings (SSSR count). The van der Waals surface area contributed by atoms with Gasteiger partial charge in [0.05, 0.1) is 10.5 Å². The first-order valence-electron chi connectivity index (χ1n) is 6.58. The Morgan fingerprint density at radius 1 is 1.54 bits per heavy atom. The van der Waals surface area contributed by atoms with Gasteiger partial charge in [-0.05, 0) is 12.1 Å². The second kappa shape index (κ2) is 10.1. The molecule has 0 aliphatic carbocycles. The van der Waals surface area contributed by atoms with Crippen molar-refractivity contribution in [3.05, 3.63) is 34.3 Å². The summed E-state index contributed by atoms with van der Waals surface area (Å²) in [6, 6.07) is 6.76. The molecule has 1 radical (unpaired) electrons. The van der Waals surface area contributed by atoms with Crippen molar-refractivity contribution in [2.45, 2.75) is 16.8 Å². The number of hydrogen-bond donors (Lipinski definition) is 0. The smallest absolute Gasteiger partial charge is 0.256 e. The van der Waals surface area contributed by atoms with Crippen LogP contribution in [-0.4, -0.2) is 34.3 Å². The third-order valence-corrected chi connectivity index (χ3v) is 4.70. The minimum absolute atomic E-state index is 0. The van der Waals surface area contributed by atoms with Gasteiger partial charge in [0.1, 0.15) is 11.8 Å². The molecule has 1 amide bonds. The van der Waals surface area contributed by atoms with Crippen LogP contribution in [0.2, 0.25) is 0 Å². The van der Waals surface area contributed by atoms with Crippen LogP contribution in [0.25, 0.3) is 5.70 Å². The third kappa shape index (κ3) is 5.45. The van der Waals surface area contributed by atoms with Crippen molar-refractivity contribution in [2.75, 3.05) is 13.2 Å². The summed E-state index contributed by atoms with van der Waals surface area (Å²) in [4.78, 5) is 13.3. The van der Waals surface area contributed by atoms with E-state index in [0.717, 1.165) is 4.90 Å². The van der Waals surface area contributed by atoms with E-state index in [4.69, 9.17) is 10.00 Å². The van der Waals surface area contributed by atoms with Gasteiger partial charge in [0.25, 0.3) is 6.43 Å². The summed E-state index contributed by atoms with van der Waals surface area (Å²) in [5, 5.41) is 8.51. The van der Waals surface area contributed by atoms with Gasteiger partial charge in [-0.25, -0.2) is 14.9 Å². The molecule has 1 unspecified atom stereocenters. The van der Waals surface area contributed by atoms with Crippen molar-refractivity contribution >= 4 is 50.1 Å². The van der Waals surface area contributed by atoms with Crippen LogP contribution in [-0.2, 0) is 37.5 Å². The van der Waals surface area contributed by atoms with Gasteiger partial charge in [0, 0.05) is 32.7 Å². The molecule has 125 valence electrons. The molecular formula is C15H11BrF2IN2O2Y-. The Morgan fingerprint density at radius 3 is 2.83 bits per heavy atom. The van der Waals surface area contributed by atoms with Gasteiger partial charge in [-0.1, -0.05) is 49.4 Å². The van der Waals surface area contributed by atoms with Gasteiger partial charge in [0.2, 0.25) is 5.91 Å². The van der Waals surface area contributed by atoms with Crippen LogP contribution in [0.3, 0.4) is 0 Å². The number of alkyl halides is 3. The number of ether oxygens (including phenoxy) is 1. The minimum atomic E-state index is -2.63. The average molecular weight is 585 g/mol. The van der Waals surface area contributed by atoms with E-state index >= 15 is 0 Å². The maximum Gasteiger partial charge on any atom is 0.256 e. The van der Waals surface area contributed by atoms with Crippen molar-refractivity contribution in [2.24, 2.45) is 0 Å². The van der Waals surface area contributed by atoms with Crippen LogP contribution in [0, 0.1) is 17.4 Å². The first-order valence-corrected chi connectivity index (χ1v) is 8.62. The van der Waals surface area contributed by atoms with Crippen molar-refractivity contribution in [3.63, 3.8) is 0 Å². The van der Waals surface area contributed by atoms with Gasteiger partial charge in [-0.2, -0.15) is 5.26 Å². The quantitative estimate of drug-likeness (QED) is 0.301. The Hall–Kier alpha value is -0.106. The number of nitrogens with zero attached hydrogens (tertiary/aromatic N) is 2. The zero-order chi connectivity index (χ0) is 17.0. The van der Waals surface area contributed by atoms with Crippen LogP contribution in [0.15, 0.2) is 22.7 Å². The average Bonchev–Trinajstić information content (AvgIpc) is 2.50. The van der Waals surface area contributed by atoms with E-state index in [1.54, 1.807) is 18.2 Å². The Balaban J connectivity index is 0.00000288. The molecule has 0 N–H and O–H groups in total. The van der Waals surface area contributed by atoms with Gasteiger partial charge < -0.3 is 9.64 Å². The number of halogens is 4. The first kappa shape index (κ1) is 21.9. The number of carbonyl (C=O) groups is 1. The van der Waals surface area contributed by atoms with Gasteiger partial charge in [-0.15, -0.1) is 17.3 Å². The van der Waals surface area contributed by atoms with E-state index in [2.05, 4.69) is 22.0 Å². The molecular weight excluding hydrogens is 574 g/mol. The van der Waals surface area contributed by atoms with E-state index in [9.17, 15) is 13.6 Å². The number of hydrogen-bond acceptors (Lipinski definition) is 3. The fourth-order valence-corrected chi connectivity index (χ4v) is 3.20. The summed E-state index contributed by atoms with van der Waals surface area (Å²) < 4.78 is 31.0. The molecule has 1 atom stereocenters. The zero-order valence-corrected chi connectivity index (χ0v) is 18.9. The SMILES string of the molecule is N#CCOc1ccc(C2=[C-]CC(I)C(=O)N2CC(F)F)c(Br)c1.[Y]. The molecule has 1 aromatic rings. The van der Waals surface area contributed by atoms with E-state index < -0.39 is 16.9 Å². The fraction of sp³-hybridized carbons (Fsp3) is 0.333. The molecule has 1 aliphatic rings. The monoisotopic (exact) mass is 584 g/mol. The minimum Gasteiger partial charge on any atom is -0.479 e. The maximum absolute atomic E-state index is 12.8. The predicted molar refractivity (Wildman–Crippen MR) is 92.0 cm³/mol. The number of carbonyl (C=O) groups excluding carboxylic acids is 1. The van der Waals surface area contributed by atoms with E-state index in [1.807, 2.05) is 28.7 Å². The van der Waals surface area contributed by atoms with Gasteiger partial charge in [0.15, 0.2) is 6.61 Å².